The van der Waals surface area contributed by atoms with E-state index in [-0.39, 0.29) is 10.7 Å². The van der Waals surface area contributed by atoms with Crippen LogP contribution in [-0.4, -0.2) is 39.7 Å². The minimum atomic E-state index is 0.151. The largest absolute Gasteiger partial charge is 0.297 e. The van der Waals surface area contributed by atoms with Crippen LogP contribution in [0.5, 0.6) is 0 Å². The molecule has 0 radical (unpaired) electrons. The van der Waals surface area contributed by atoms with E-state index in [4.69, 9.17) is 0 Å². The van der Waals surface area contributed by atoms with Crippen LogP contribution >= 0.6 is 27.7 Å². The van der Waals surface area contributed by atoms with Gasteiger partial charge in [0.15, 0.2) is 5.78 Å². The van der Waals surface area contributed by atoms with Crippen molar-refractivity contribution in [1.29, 1.82) is 0 Å². The fourth-order valence-corrected chi connectivity index (χ4v) is 2.62. The Morgan fingerprint density at radius 3 is 2.75 bits per heavy atom. The maximum atomic E-state index is 11.2. The van der Waals surface area contributed by atoms with Gasteiger partial charge in [-0.1, -0.05) is 15.9 Å². The van der Waals surface area contributed by atoms with Gasteiger partial charge in [0.2, 0.25) is 0 Å². The lowest BCUT2D eigenvalue weighted by atomic mass is 10.3. The van der Waals surface area contributed by atoms with Gasteiger partial charge in [0.05, 0.1) is 16.7 Å². The first kappa shape index (κ1) is 10.5. The Bertz CT molecular complexity index is 184. The van der Waals surface area contributed by atoms with Crippen LogP contribution in [-0.2, 0) is 4.79 Å². The van der Waals surface area contributed by atoms with Crippen LogP contribution in [0.25, 0.3) is 0 Å². The first-order chi connectivity index (χ1) is 5.56. The van der Waals surface area contributed by atoms with Gasteiger partial charge in [-0.15, -0.1) is 11.8 Å². The number of carbonyl (C=O) groups is 1. The normalized spacial score (nSPS) is 22.9. The van der Waals surface area contributed by atoms with Crippen molar-refractivity contribution in [3.05, 3.63) is 0 Å². The third-order valence-corrected chi connectivity index (χ3v) is 4.07. The minimum absolute atomic E-state index is 0.151. The molecule has 0 aromatic carbocycles. The summed E-state index contributed by atoms with van der Waals surface area (Å²) < 4.78 is 0. The van der Waals surface area contributed by atoms with Gasteiger partial charge in [-0.05, 0) is 13.8 Å². The smallest absolute Gasteiger partial charge is 0.157 e. The number of alkyl halides is 1. The second kappa shape index (κ2) is 4.11. The van der Waals surface area contributed by atoms with E-state index in [1.165, 1.54) is 0 Å². The molecule has 12 heavy (non-hydrogen) atoms. The monoisotopic (exact) mass is 251 g/mol. The van der Waals surface area contributed by atoms with E-state index in [1.54, 1.807) is 0 Å². The van der Waals surface area contributed by atoms with E-state index in [0.717, 1.165) is 12.3 Å². The standard InChI is InChI=1S/C8H14BrNOS/c1-8(2)10(3-4-12-8)6-7(11)5-9/h3-6H2,1-2H3. The highest BCUT2D eigenvalue weighted by Crippen LogP contribution is 2.34. The number of hydrogen-bond acceptors (Lipinski definition) is 3. The van der Waals surface area contributed by atoms with Crippen molar-refractivity contribution < 1.29 is 4.79 Å². The number of Topliss-reactive ketones (excluding diaryl/α,β-unsaturated/α-hetero) is 1. The van der Waals surface area contributed by atoms with E-state index in [2.05, 4.69) is 34.7 Å². The molecule has 1 aliphatic rings. The highest BCUT2D eigenvalue weighted by atomic mass is 79.9. The Morgan fingerprint density at radius 2 is 2.33 bits per heavy atom. The van der Waals surface area contributed by atoms with Crippen molar-refractivity contribution in [3.63, 3.8) is 0 Å². The zero-order valence-corrected chi connectivity index (χ0v) is 9.87. The van der Waals surface area contributed by atoms with Crippen molar-refractivity contribution in [1.82, 2.24) is 4.90 Å². The molecule has 0 bridgehead atoms. The molecule has 0 aromatic heterocycles. The summed E-state index contributed by atoms with van der Waals surface area (Å²) >= 11 is 5.10. The molecule has 1 rings (SSSR count). The van der Waals surface area contributed by atoms with Gasteiger partial charge in [-0.25, -0.2) is 0 Å². The average Bonchev–Trinajstić information content (AvgIpc) is 2.31. The highest BCUT2D eigenvalue weighted by molar-refractivity contribution is 9.09. The predicted octanol–water partition coefficient (Wildman–Crippen LogP) is 1.74. The van der Waals surface area contributed by atoms with Crippen molar-refractivity contribution in [2.24, 2.45) is 0 Å². The molecule has 0 aliphatic carbocycles. The zero-order valence-electron chi connectivity index (χ0n) is 7.47. The maximum Gasteiger partial charge on any atom is 0.157 e. The molecule has 0 unspecified atom stereocenters. The molecule has 0 N–H and O–H groups in total. The van der Waals surface area contributed by atoms with E-state index in [1.807, 2.05) is 11.8 Å². The van der Waals surface area contributed by atoms with Gasteiger partial charge in [0.1, 0.15) is 0 Å². The predicted molar refractivity (Wildman–Crippen MR) is 56.9 cm³/mol. The molecule has 0 amide bonds. The molecule has 4 heteroatoms. The van der Waals surface area contributed by atoms with Crippen LogP contribution in [0.3, 0.4) is 0 Å². The summed E-state index contributed by atoms with van der Waals surface area (Å²) in [6.07, 6.45) is 0. The van der Waals surface area contributed by atoms with E-state index >= 15 is 0 Å². The number of halogens is 1. The van der Waals surface area contributed by atoms with Crippen LogP contribution in [0.4, 0.5) is 0 Å². The number of ketones is 1. The van der Waals surface area contributed by atoms with Gasteiger partial charge in [-0.3, -0.25) is 9.69 Å². The molecule has 0 spiro atoms. The summed E-state index contributed by atoms with van der Waals surface area (Å²) in [5.74, 6) is 1.41. The van der Waals surface area contributed by atoms with Gasteiger partial charge in [0, 0.05) is 12.3 Å². The van der Waals surface area contributed by atoms with Crippen molar-refractivity contribution >= 4 is 33.5 Å². The molecule has 0 atom stereocenters. The highest BCUT2D eigenvalue weighted by Gasteiger charge is 2.33. The third kappa shape index (κ3) is 2.47. The van der Waals surface area contributed by atoms with Gasteiger partial charge in [-0.2, -0.15) is 0 Å². The summed E-state index contributed by atoms with van der Waals surface area (Å²) in [6, 6.07) is 0. The lowest BCUT2D eigenvalue weighted by molar-refractivity contribution is -0.118. The molecule has 1 saturated heterocycles. The first-order valence-electron chi connectivity index (χ1n) is 4.03. The molecule has 2 nitrogen and oxygen atoms in total. The maximum absolute atomic E-state index is 11.2. The molecule has 0 saturated carbocycles. The van der Waals surface area contributed by atoms with Crippen molar-refractivity contribution in [2.45, 2.75) is 18.7 Å². The van der Waals surface area contributed by atoms with Gasteiger partial charge < -0.3 is 0 Å². The number of nitrogens with zero attached hydrogens (tertiary/aromatic N) is 1. The molecule has 1 fully saturated rings. The third-order valence-electron chi connectivity index (χ3n) is 2.09. The van der Waals surface area contributed by atoms with Crippen LogP contribution in [0, 0.1) is 0 Å². The van der Waals surface area contributed by atoms with Crippen LogP contribution in [0.1, 0.15) is 13.8 Å². The van der Waals surface area contributed by atoms with Gasteiger partial charge >= 0.3 is 0 Å². The summed E-state index contributed by atoms with van der Waals surface area (Å²) in [4.78, 5) is 13.5. The summed E-state index contributed by atoms with van der Waals surface area (Å²) in [7, 11) is 0. The summed E-state index contributed by atoms with van der Waals surface area (Å²) in [6.45, 7) is 5.97. The number of thioether (sulfide) groups is 1. The number of carbonyl (C=O) groups excluding carboxylic acids is 1. The molecule has 0 aromatic rings. The van der Waals surface area contributed by atoms with Gasteiger partial charge in [0.25, 0.3) is 0 Å². The van der Waals surface area contributed by atoms with E-state index in [9.17, 15) is 4.79 Å². The van der Waals surface area contributed by atoms with Crippen molar-refractivity contribution in [3.8, 4) is 0 Å². The number of rotatable bonds is 3. The van der Waals surface area contributed by atoms with Crippen LogP contribution in [0.2, 0.25) is 0 Å². The Balaban J connectivity index is 2.47. The summed E-state index contributed by atoms with van der Waals surface area (Å²) in [5.41, 5.74) is 0. The van der Waals surface area contributed by atoms with Crippen LogP contribution in [0.15, 0.2) is 0 Å². The average molecular weight is 252 g/mol. The number of hydrogen-bond donors (Lipinski definition) is 0. The van der Waals surface area contributed by atoms with Crippen molar-refractivity contribution in [2.75, 3.05) is 24.2 Å². The summed E-state index contributed by atoms with van der Waals surface area (Å²) in [5, 5.41) is 0.476. The lowest BCUT2D eigenvalue weighted by Crippen LogP contribution is -2.40. The Kier molecular flexibility index (Phi) is 3.61. The molecule has 1 heterocycles. The Hall–Kier alpha value is 0.460. The minimum Gasteiger partial charge on any atom is -0.297 e. The fraction of sp³-hybridized carbons (Fsp3) is 0.875. The van der Waals surface area contributed by atoms with E-state index < -0.39 is 0 Å². The second-order valence-electron chi connectivity index (χ2n) is 3.39. The second-order valence-corrected chi connectivity index (χ2v) is 5.65. The van der Waals surface area contributed by atoms with Crippen LogP contribution < -0.4 is 0 Å². The first-order valence-corrected chi connectivity index (χ1v) is 6.13. The SMILES string of the molecule is CC1(C)SCCN1CC(=O)CBr. The lowest BCUT2D eigenvalue weighted by Gasteiger charge is -2.29. The molecule has 1 aliphatic heterocycles. The topological polar surface area (TPSA) is 20.3 Å². The fourth-order valence-electron chi connectivity index (χ4n) is 1.29. The Morgan fingerprint density at radius 1 is 1.67 bits per heavy atom. The molecule has 70 valence electrons. The molecular formula is C8H14BrNOS. The zero-order chi connectivity index (χ0) is 9.19. The quantitative estimate of drug-likeness (QED) is 0.713. The van der Waals surface area contributed by atoms with E-state index in [0.29, 0.717) is 11.9 Å². The molecular weight excluding hydrogens is 238 g/mol. The Labute approximate surface area is 86.2 Å².